The molecule has 0 radical (unpaired) electrons. The summed E-state index contributed by atoms with van der Waals surface area (Å²) in [5.41, 5.74) is 4.22. The number of fused-ring (bicyclic) bond motifs is 1. The van der Waals surface area contributed by atoms with Gasteiger partial charge in [0.2, 0.25) is 11.9 Å². The average molecular weight is 701 g/mol. The van der Waals surface area contributed by atoms with E-state index in [0.29, 0.717) is 22.5 Å². The van der Waals surface area contributed by atoms with E-state index in [1.165, 1.54) is 18.5 Å². The zero-order valence-corrected chi connectivity index (χ0v) is 28.9. The van der Waals surface area contributed by atoms with Gasteiger partial charge in [-0.1, -0.05) is 17.7 Å². The number of urea groups is 1. The molecule has 2 N–H and O–H groups in total. The van der Waals surface area contributed by atoms with Crippen molar-refractivity contribution in [1.29, 1.82) is 0 Å². The second-order valence-electron chi connectivity index (χ2n) is 14.2. The Morgan fingerprint density at radius 3 is 2.42 bits per heavy atom. The van der Waals surface area contributed by atoms with Crippen LogP contribution in [0.3, 0.4) is 0 Å². The third kappa shape index (κ3) is 6.30. The van der Waals surface area contributed by atoms with Crippen molar-refractivity contribution >= 4 is 47.0 Å². The molecule has 0 unspecified atom stereocenters. The maximum absolute atomic E-state index is 13.6. The molecule has 6 heterocycles. The standard InChI is InChI=1S/C35H41ClN10O4/c1-42-28(17-21-5-6-21)25(18-38-42)31-26(36)19-37-34(41-31)39-23-9-12-43(13-10-23)20-22-7-14-44(15-8-22)27-4-2-3-24-30(27)33(49)46(32(24)48)45-16-11-29(47)40-35(45)50/h2-4,18-19,21-23H,5-17,20H2,1H3,(H,37,39,41)(H,40,47,50). The van der Waals surface area contributed by atoms with Crippen molar-refractivity contribution < 1.29 is 19.2 Å². The van der Waals surface area contributed by atoms with E-state index in [0.717, 1.165) is 97.7 Å². The average Bonchev–Trinajstić information content (AvgIpc) is 3.82. The van der Waals surface area contributed by atoms with Crippen LogP contribution in [-0.2, 0) is 18.3 Å². The molecule has 14 nitrogen and oxygen atoms in total. The summed E-state index contributed by atoms with van der Waals surface area (Å²) in [6.07, 6.45) is 11.0. The summed E-state index contributed by atoms with van der Waals surface area (Å²) in [6, 6.07) is 4.81. The zero-order valence-electron chi connectivity index (χ0n) is 28.1. The first-order valence-corrected chi connectivity index (χ1v) is 18.0. The molecule has 3 aromatic rings. The monoisotopic (exact) mass is 700 g/mol. The number of nitrogens with one attached hydrogen (secondary N) is 2. The molecular weight excluding hydrogens is 660 g/mol. The van der Waals surface area contributed by atoms with Crippen molar-refractivity contribution in [2.24, 2.45) is 18.9 Å². The molecular formula is C35H41ClN10O4. The van der Waals surface area contributed by atoms with Crippen LogP contribution >= 0.6 is 11.6 Å². The lowest BCUT2D eigenvalue weighted by Gasteiger charge is -2.39. The molecule has 0 atom stereocenters. The van der Waals surface area contributed by atoms with Crippen molar-refractivity contribution in [2.75, 3.05) is 49.5 Å². The number of aromatic nitrogens is 4. The number of hydrogen-bond acceptors (Lipinski definition) is 10. The van der Waals surface area contributed by atoms with Crippen LogP contribution in [0.5, 0.6) is 0 Å². The van der Waals surface area contributed by atoms with Gasteiger partial charge >= 0.3 is 6.03 Å². The van der Waals surface area contributed by atoms with Gasteiger partial charge in [-0.05, 0) is 68.9 Å². The van der Waals surface area contributed by atoms with Crippen molar-refractivity contribution in [3.8, 4) is 11.3 Å². The Morgan fingerprint density at radius 2 is 1.68 bits per heavy atom. The molecule has 2 aromatic heterocycles. The molecule has 262 valence electrons. The number of carbonyl (C=O) groups is 4. The minimum Gasteiger partial charge on any atom is -0.371 e. The second-order valence-corrected chi connectivity index (χ2v) is 14.6. The largest absolute Gasteiger partial charge is 0.371 e. The molecule has 4 aliphatic heterocycles. The fourth-order valence-electron chi connectivity index (χ4n) is 7.77. The predicted octanol–water partition coefficient (Wildman–Crippen LogP) is 3.73. The van der Waals surface area contributed by atoms with Crippen molar-refractivity contribution in [3.63, 3.8) is 0 Å². The van der Waals surface area contributed by atoms with E-state index in [1.54, 1.807) is 18.3 Å². The lowest BCUT2D eigenvalue weighted by molar-refractivity contribution is -0.122. The number of hydrazine groups is 1. The van der Waals surface area contributed by atoms with E-state index in [-0.39, 0.29) is 24.6 Å². The van der Waals surface area contributed by atoms with Gasteiger partial charge in [-0.3, -0.25) is 24.4 Å². The normalized spacial score (nSPS) is 20.9. The quantitative estimate of drug-likeness (QED) is 0.317. The predicted molar refractivity (Wildman–Crippen MR) is 185 cm³/mol. The van der Waals surface area contributed by atoms with E-state index < -0.39 is 23.8 Å². The van der Waals surface area contributed by atoms with Crippen LogP contribution in [0.15, 0.2) is 30.6 Å². The van der Waals surface area contributed by atoms with Crippen molar-refractivity contribution in [2.45, 2.75) is 57.4 Å². The van der Waals surface area contributed by atoms with Gasteiger partial charge in [0.1, 0.15) is 0 Å². The molecule has 3 saturated heterocycles. The van der Waals surface area contributed by atoms with E-state index in [2.05, 4.69) is 30.5 Å². The number of anilines is 2. The molecule has 1 aliphatic carbocycles. The van der Waals surface area contributed by atoms with Crippen LogP contribution < -0.4 is 15.5 Å². The molecule has 15 heteroatoms. The molecule has 8 rings (SSSR count). The Hall–Kier alpha value is -4.56. The molecule has 1 aromatic carbocycles. The molecule has 50 heavy (non-hydrogen) atoms. The highest BCUT2D eigenvalue weighted by molar-refractivity contribution is 6.33. The summed E-state index contributed by atoms with van der Waals surface area (Å²) in [6.45, 7) is 4.52. The number of rotatable bonds is 9. The van der Waals surface area contributed by atoms with Gasteiger partial charge in [0, 0.05) is 63.5 Å². The highest BCUT2D eigenvalue weighted by Gasteiger charge is 2.45. The van der Waals surface area contributed by atoms with Crippen molar-refractivity contribution in [3.05, 3.63) is 52.4 Å². The number of nitrogens with zero attached hydrogens (tertiary/aromatic N) is 8. The molecule has 4 fully saturated rings. The first-order chi connectivity index (χ1) is 24.2. The second kappa shape index (κ2) is 13.3. The van der Waals surface area contributed by atoms with Gasteiger partial charge in [0.15, 0.2) is 0 Å². The number of benzene rings is 1. The Kier molecular flexibility index (Phi) is 8.67. The minimum atomic E-state index is -0.760. The third-order valence-electron chi connectivity index (χ3n) is 10.8. The van der Waals surface area contributed by atoms with Gasteiger partial charge in [0.25, 0.3) is 11.8 Å². The number of carbonyl (C=O) groups excluding carboxylic acids is 4. The van der Waals surface area contributed by atoms with E-state index in [4.69, 9.17) is 16.6 Å². The topological polar surface area (TPSA) is 149 Å². The van der Waals surface area contributed by atoms with Gasteiger partial charge in [-0.15, -0.1) is 0 Å². The van der Waals surface area contributed by atoms with E-state index >= 15 is 0 Å². The fraction of sp³-hybridized carbons (Fsp3) is 0.514. The Labute approximate surface area is 295 Å². The number of imide groups is 2. The first kappa shape index (κ1) is 32.6. The maximum Gasteiger partial charge on any atom is 0.343 e. The zero-order chi connectivity index (χ0) is 34.5. The molecule has 5 amide bonds. The molecule has 0 spiro atoms. The lowest BCUT2D eigenvalue weighted by atomic mass is 9.93. The summed E-state index contributed by atoms with van der Waals surface area (Å²) in [5.74, 6) is 0.357. The van der Waals surface area contributed by atoms with Gasteiger partial charge in [-0.25, -0.2) is 19.8 Å². The Bertz CT molecular complexity index is 1840. The van der Waals surface area contributed by atoms with Crippen LogP contribution in [0.2, 0.25) is 5.02 Å². The van der Waals surface area contributed by atoms with Gasteiger partial charge in [0.05, 0.1) is 46.5 Å². The van der Waals surface area contributed by atoms with Crippen LogP contribution in [0.4, 0.5) is 16.4 Å². The number of halogens is 1. The van der Waals surface area contributed by atoms with Crippen LogP contribution in [0.25, 0.3) is 11.3 Å². The third-order valence-corrected chi connectivity index (χ3v) is 11.1. The van der Waals surface area contributed by atoms with Gasteiger partial charge < -0.3 is 15.1 Å². The number of hydrogen-bond donors (Lipinski definition) is 2. The molecule has 5 aliphatic rings. The Balaban J connectivity index is 0.842. The summed E-state index contributed by atoms with van der Waals surface area (Å²) in [7, 11) is 1.98. The summed E-state index contributed by atoms with van der Waals surface area (Å²) in [4.78, 5) is 65.0. The van der Waals surface area contributed by atoms with E-state index in [1.807, 2.05) is 24.0 Å². The number of likely N-dealkylation sites (tertiary alicyclic amines) is 1. The highest BCUT2D eigenvalue weighted by atomic mass is 35.5. The fourth-order valence-corrected chi connectivity index (χ4v) is 7.96. The van der Waals surface area contributed by atoms with Crippen LogP contribution in [0.1, 0.15) is 71.4 Å². The summed E-state index contributed by atoms with van der Waals surface area (Å²) < 4.78 is 1.94. The minimum absolute atomic E-state index is 0.0206. The molecule has 1 saturated carbocycles. The number of amides is 5. The number of aryl methyl sites for hydroxylation is 1. The van der Waals surface area contributed by atoms with E-state index in [9.17, 15) is 19.2 Å². The smallest absolute Gasteiger partial charge is 0.343 e. The first-order valence-electron chi connectivity index (χ1n) is 17.6. The summed E-state index contributed by atoms with van der Waals surface area (Å²) >= 11 is 6.59. The summed E-state index contributed by atoms with van der Waals surface area (Å²) in [5, 5.41) is 12.7. The molecule has 0 bridgehead atoms. The van der Waals surface area contributed by atoms with Crippen LogP contribution in [-0.4, -0.2) is 104 Å². The maximum atomic E-state index is 13.6. The lowest BCUT2D eigenvalue weighted by Crippen LogP contribution is -2.58. The Morgan fingerprint density at radius 1 is 0.900 bits per heavy atom. The number of piperidine rings is 2. The van der Waals surface area contributed by atoms with Crippen LogP contribution in [0, 0.1) is 11.8 Å². The SMILES string of the molecule is Cn1ncc(-c2nc(NC3CCN(CC4CCN(c5cccc6c5C(=O)N(N5CCC(=O)NC5=O)C6=O)CC4)CC3)ncc2Cl)c1CC1CC1. The van der Waals surface area contributed by atoms with Gasteiger partial charge in [-0.2, -0.15) is 10.1 Å². The highest BCUT2D eigenvalue weighted by Crippen LogP contribution is 2.38. The van der Waals surface area contributed by atoms with Crippen molar-refractivity contribution in [1.82, 2.24) is 40.0 Å².